The summed E-state index contributed by atoms with van der Waals surface area (Å²) in [4.78, 5) is 18.8. The van der Waals surface area contributed by atoms with E-state index in [0.29, 0.717) is 29.5 Å². The highest BCUT2D eigenvalue weighted by Gasteiger charge is 2.17. The van der Waals surface area contributed by atoms with E-state index in [0.717, 1.165) is 12.1 Å². The van der Waals surface area contributed by atoms with Gasteiger partial charge in [-0.25, -0.2) is 4.98 Å². The summed E-state index contributed by atoms with van der Waals surface area (Å²) in [5, 5.41) is 0. The first-order valence-corrected chi connectivity index (χ1v) is 7.92. The summed E-state index contributed by atoms with van der Waals surface area (Å²) in [7, 11) is 1.80. The van der Waals surface area contributed by atoms with Crippen molar-refractivity contribution in [2.24, 2.45) is 11.7 Å². The van der Waals surface area contributed by atoms with Gasteiger partial charge in [-0.2, -0.15) is 0 Å². The molecule has 2 rings (SSSR count). The molecule has 2 aromatic rings. The summed E-state index contributed by atoms with van der Waals surface area (Å²) in [6.45, 7) is 6.66. The number of nitrogens with two attached hydrogens (primary N) is 1. The van der Waals surface area contributed by atoms with Crippen LogP contribution in [-0.4, -0.2) is 35.4 Å². The Kier molecular flexibility index (Phi) is 5.55. The van der Waals surface area contributed by atoms with Gasteiger partial charge in [-0.15, -0.1) is 0 Å². The van der Waals surface area contributed by atoms with E-state index in [4.69, 9.17) is 10.2 Å². The molecule has 23 heavy (non-hydrogen) atoms. The highest BCUT2D eigenvalue weighted by Crippen LogP contribution is 2.20. The molecular formula is C18H25N3O2. The second kappa shape index (κ2) is 7.42. The molecule has 0 fully saturated rings. The Labute approximate surface area is 137 Å². The molecule has 2 N–H and O–H groups in total. The molecule has 0 radical (unpaired) electrons. The second-order valence-electron chi connectivity index (χ2n) is 6.23. The van der Waals surface area contributed by atoms with Crippen molar-refractivity contribution in [1.82, 2.24) is 9.88 Å². The molecule has 2 aromatic heterocycles. The molecule has 0 saturated heterocycles. The molecule has 2 heterocycles. The van der Waals surface area contributed by atoms with Crippen molar-refractivity contribution in [2.45, 2.75) is 33.2 Å². The lowest BCUT2D eigenvalue weighted by Crippen LogP contribution is -2.35. The summed E-state index contributed by atoms with van der Waals surface area (Å²) in [5.74, 6) is 1.08. The molecular weight excluding hydrogens is 290 g/mol. The topological polar surface area (TPSA) is 72.4 Å². The fourth-order valence-corrected chi connectivity index (χ4v) is 2.33. The van der Waals surface area contributed by atoms with Crippen molar-refractivity contribution in [3.63, 3.8) is 0 Å². The van der Waals surface area contributed by atoms with Crippen LogP contribution in [0.5, 0.6) is 0 Å². The van der Waals surface area contributed by atoms with Gasteiger partial charge in [0.15, 0.2) is 5.76 Å². The van der Waals surface area contributed by atoms with Gasteiger partial charge in [0.25, 0.3) is 5.91 Å². The fraction of sp³-hybridized carbons (Fsp3) is 0.444. The van der Waals surface area contributed by atoms with Gasteiger partial charge < -0.3 is 15.1 Å². The Balaban J connectivity index is 2.07. The second-order valence-corrected chi connectivity index (χ2v) is 6.23. The minimum Gasteiger partial charge on any atom is -0.463 e. The lowest BCUT2D eigenvalue weighted by molar-refractivity contribution is 0.0788. The van der Waals surface area contributed by atoms with Crippen molar-refractivity contribution < 1.29 is 9.21 Å². The number of hydrogen-bond donors (Lipinski definition) is 1. The van der Waals surface area contributed by atoms with Crippen LogP contribution < -0.4 is 5.73 Å². The standard InChI is InChI=1S/C18H25N3O2/c1-12(2)15(19)9-10-21(4)18(22)14-7-8-16(20-13(14)3)17-6-5-11-23-17/h5-8,11-12,15H,9-10,19H2,1-4H3. The molecule has 124 valence electrons. The number of aryl methyl sites for hydroxylation is 1. The van der Waals surface area contributed by atoms with E-state index >= 15 is 0 Å². The predicted octanol–water partition coefficient (Wildman–Crippen LogP) is 3.10. The van der Waals surface area contributed by atoms with Gasteiger partial charge in [0.1, 0.15) is 5.69 Å². The number of pyridine rings is 1. The van der Waals surface area contributed by atoms with Crippen LogP contribution in [0.25, 0.3) is 11.5 Å². The maximum Gasteiger partial charge on any atom is 0.255 e. The van der Waals surface area contributed by atoms with E-state index in [1.807, 2.05) is 25.1 Å². The molecule has 0 bridgehead atoms. The normalized spacial score (nSPS) is 12.4. The van der Waals surface area contributed by atoms with Crippen molar-refractivity contribution >= 4 is 5.91 Å². The Morgan fingerprint density at radius 1 is 1.35 bits per heavy atom. The lowest BCUT2D eigenvalue weighted by Gasteiger charge is -2.22. The molecule has 1 atom stereocenters. The van der Waals surface area contributed by atoms with Crippen LogP contribution >= 0.6 is 0 Å². The predicted molar refractivity (Wildman–Crippen MR) is 91.1 cm³/mol. The van der Waals surface area contributed by atoms with Crippen LogP contribution in [0.1, 0.15) is 36.3 Å². The van der Waals surface area contributed by atoms with Crippen molar-refractivity contribution in [3.05, 3.63) is 41.8 Å². The average molecular weight is 315 g/mol. The van der Waals surface area contributed by atoms with E-state index in [2.05, 4.69) is 18.8 Å². The Morgan fingerprint density at radius 3 is 2.65 bits per heavy atom. The minimum atomic E-state index is -0.0306. The number of hydrogen-bond acceptors (Lipinski definition) is 4. The largest absolute Gasteiger partial charge is 0.463 e. The van der Waals surface area contributed by atoms with E-state index in [-0.39, 0.29) is 11.9 Å². The summed E-state index contributed by atoms with van der Waals surface area (Å²) in [5.41, 5.74) is 8.09. The van der Waals surface area contributed by atoms with E-state index in [1.54, 1.807) is 24.3 Å². The van der Waals surface area contributed by atoms with E-state index in [1.165, 1.54) is 0 Å². The summed E-state index contributed by atoms with van der Waals surface area (Å²) in [6, 6.07) is 7.39. The van der Waals surface area contributed by atoms with Gasteiger partial charge in [0.2, 0.25) is 0 Å². The van der Waals surface area contributed by atoms with Gasteiger partial charge in [0.05, 0.1) is 17.5 Å². The summed E-state index contributed by atoms with van der Waals surface area (Å²) >= 11 is 0. The zero-order valence-electron chi connectivity index (χ0n) is 14.2. The zero-order chi connectivity index (χ0) is 17.0. The van der Waals surface area contributed by atoms with Gasteiger partial charge in [-0.3, -0.25) is 4.79 Å². The van der Waals surface area contributed by atoms with Crippen LogP contribution in [0.3, 0.4) is 0 Å². The molecule has 0 saturated carbocycles. The molecule has 1 unspecified atom stereocenters. The van der Waals surface area contributed by atoms with Crippen LogP contribution in [0.2, 0.25) is 0 Å². The number of nitrogens with zero attached hydrogens (tertiary/aromatic N) is 2. The lowest BCUT2D eigenvalue weighted by atomic mass is 10.0. The van der Waals surface area contributed by atoms with E-state index < -0.39 is 0 Å². The SMILES string of the molecule is Cc1nc(-c2ccco2)ccc1C(=O)N(C)CCC(N)C(C)C. The molecule has 0 aliphatic carbocycles. The third-order valence-corrected chi connectivity index (χ3v) is 4.09. The van der Waals surface area contributed by atoms with Gasteiger partial charge in [-0.05, 0) is 43.5 Å². The maximum absolute atomic E-state index is 12.6. The molecule has 5 nitrogen and oxygen atoms in total. The number of carbonyl (C=O) groups excluding carboxylic acids is 1. The van der Waals surface area contributed by atoms with Crippen molar-refractivity contribution in [1.29, 1.82) is 0 Å². The Hall–Kier alpha value is -2.14. The summed E-state index contributed by atoms with van der Waals surface area (Å²) < 4.78 is 5.34. The Morgan fingerprint density at radius 2 is 2.09 bits per heavy atom. The van der Waals surface area contributed by atoms with Crippen LogP contribution in [-0.2, 0) is 0 Å². The number of carbonyl (C=O) groups is 1. The molecule has 0 spiro atoms. The quantitative estimate of drug-likeness (QED) is 0.889. The zero-order valence-corrected chi connectivity index (χ0v) is 14.2. The minimum absolute atomic E-state index is 0.0306. The average Bonchev–Trinajstić information content (AvgIpc) is 3.05. The Bertz CT molecular complexity index is 650. The number of furan rings is 1. The third-order valence-electron chi connectivity index (χ3n) is 4.09. The van der Waals surface area contributed by atoms with Crippen molar-refractivity contribution in [3.8, 4) is 11.5 Å². The smallest absolute Gasteiger partial charge is 0.255 e. The first-order chi connectivity index (χ1) is 10.9. The van der Waals surface area contributed by atoms with Gasteiger partial charge >= 0.3 is 0 Å². The molecule has 0 aliphatic rings. The first-order valence-electron chi connectivity index (χ1n) is 7.92. The summed E-state index contributed by atoms with van der Waals surface area (Å²) in [6.07, 6.45) is 2.40. The van der Waals surface area contributed by atoms with Crippen LogP contribution in [0.4, 0.5) is 0 Å². The van der Waals surface area contributed by atoms with Crippen LogP contribution in [0.15, 0.2) is 34.9 Å². The van der Waals surface area contributed by atoms with E-state index in [9.17, 15) is 4.79 Å². The molecule has 0 aromatic carbocycles. The molecule has 0 aliphatic heterocycles. The molecule has 5 heteroatoms. The third kappa shape index (κ3) is 4.20. The van der Waals surface area contributed by atoms with Crippen LogP contribution in [0, 0.1) is 12.8 Å². The maximum atomic E-state index is 12.6. The number of amides is 1. The van der Waals surface area contributed by atoms with Crippen molar-refractivity contribution in [2.75, 3.05) is 13.6 Å². The molecule has 1 amide bonds. The monoisotopic (exact) mass is 315 g/mol. The number of rotatable bonds is 6. The highest BCUT2D eigenvalue weighted by atomic mass is 16.3. The van der Waals surface area contributed by atoms with Gasteiger partial charge in [-0.1, -0.05) is 13.8 Å². The highest BCUT2D eigenvalue weighted by molar-refractivity contribution is 5.95. The fourth-order valence-electron chi connectivity index (χ4n) is 2.33. The number of aromatic nitrogens is 1. The first kappa shape index (κ1) is 17.2. The van der Waals surface area contributed by atoms with Gasteiger partial charge in [0, 0.05) is 19.6 Å².